The number of fused-ring (bicyclic) bond motifs is 2. The Hall–Kier alpha value is -1.91. The lowest BCUT2D eigenvalue weighted by Gasteiger charge is -2.44. The number of carbonyl (C=O) groups excluding carboxylic acids is 3. The van der Waals surface area contributed by atoms with Crippen LogP contribution in [0.25, 0.3) is 0 Å². The maximum Gasteiger partial charge on any atom is 0.314 e. The van der Waals surface area contributed by atoms with Gasteiger partial charge in [-0.3, -0.25) is 14.4 Å². The predicted octanol–water partition coefficient (Wildman–Crippen LogP) is 1.79. The second kappa shape index (κ2) is 3.81. The maximum atomic E-state index is 12.8. The number of esters is 1. The molecule has 2 aliphatic carbocycles. The van der Waals surface area contributed by atoms with Crippen molar-refractivity contribution in [2.45, 2.75) is 26.7 Å². The summed E-state index contributed by atoms with van der Waals surface area (Å²) in [5.41, 5.74) is -1.72. The van der Waals surface area contributed by atoms with Gasteiger partial charge in [0.15, 0.2) is 5.78 Å². The zero-order valence-electron chi connectivity index (χ0n) is 11.7. The van der Waals surface area contributed by atoms with E-state index in [0.29, 0.717) is 11.3 Å². The van der Waals surface area contributed by atoms with E-state index in [1.54, 1.807) is 19.9 Å². The lowest BCUT2D eigenvalue weighted by molar-refractivity contribution is -0.162. The number of furan rings is 1. The summed E-state index contributed by atoms with van der Waals surface area (Å²) in [4.78, 5) is 37.4. The van der Waals surface area contributed by atoms with Crippen LogP contribution in [0.15, 0.2) is 16.7 Å². The van der Waals surface area contributed by atoms with Gasteiger partial charge in [-0.25, -0.2) is 0 Å². The summed E-state index contributed by atoms with van der Waals surface area (Å²) in [5.74, 6) is -0.859. The molecule has 3 atom stereocenters. The van der Waals surface area contributed by atoms with Gasteiger partial charge < -0.3 is 9.15 Å². The molecule has 0 saturated heterocycles. The molecule has 2 aliphatic rings. The van der Waals surface area contributed by atoms with Gasteiger partial charge in [0, 0.05) is 18.8 Å². The second-order valence-corrected chi connectivity index (χ2v) is 5.92. The molecule has 3 rings (SSSR count). The first-order valence-electron chi connectivity index (χ1n) is 6.61. The van der Waals surface area contributed by atoms with Gasteiger partial charge >= 0.3 is 5.97 Å². The Kier molecular flexibility index (Phi) is 2.49. The number of rotatable bonds is 1. The molecule has 0 N–H and O–H groups in total. The molecule has 0 aliphatic heterocycles. The standard InChI is InChI=1S/C15H16O5/c1-8-10(16)6-14(2)12(17)9-4-5-20-11(9)7-15(8,14)13(18)19-3/h4-5,8H,6-7H2,1-3H3/t8-,14+,15+/m1/s1. The van der Waals surface area contributed by atoms with E-state index < -0.39 is 22.7 Å². The molecule has 5 heteroatoms. The summed E-state index contributed by atoms with van der Waals surface area (Å²) in [5, 5.41) is 0. The molecular weight excluding hydrogens is 260 g/mol. The first-order valence-corrected chi connectivity index (χ1v) is 6.61. The molecule has 0 bridgehead atoms. The van der Waals surface area contributed by atoms with Crippen molar-refractivity contribution in [2.24, 2.45) is 16.7 Å². The lowest BCUT2D eigenvalue weighted by atomic mass is 9.55. The monoisotopic (exact) mass is 276 g/mol. The van der Waals surface area contributed by atoms with Crippen LogP contribution in [0, 0.1) is 16.7 Å². The van der Waals surface area contributed by atoms with E-state index in [4.69, 9.17) is 9.15 Å². The highest BCUT2D eigenvalue weighted by Gasteiger charge is 2.70. The molecule has 0 amide bonds. The van der Waals surface area contributed by atoms with Crippen molar-refractivity contribution in [3.63, 3.8) is 0 Å². The third-order valence-electron chi connectivity index (χ3n) is 5.21. The fourth-order valence-corrected chi connectivity index (χ4v) is 3.93. The van der Waals surface area contributed by atoms with Gasteiger partial charge in [0.25, 0.3) is 0 Å². The van der Waals surface area contributed by atoms with Crippen molar-refractivity contribution >= 4 is 17.5 Å². The van der Waals surface area contributed by atoms with Gasteiger partial charge in [-0.15, -0.1) is 0 Å². The van der Waals surface area contributed by atoms with E-state index in [0.717, 1.165) is 0 Å². The minimum Gasteiger partial charge on any atom is -0.469 e. The fraction of sp³-hybridized carbons (Fsp3) is 0.533. The van der Waals surface area contributed by atoms with E-state index in [1.807, 2.05) is 0 Å². The molecule has 0 radical (unpaired) electrons. The fourth-order valence-electron chi connectivity index (χ4n) is 3.93. The average molecular weight is 276 g/mol. The number of hydrogen-bond donors (Lipinski definition) is 0. The number of ether oxygens (including phenoxy) is 1. The molecule has 5 nitrogen and oxygen atoms in total. The van der Waals surface area contributed by atoms with Gasteiger partial charge in [-0.1, -0.05) is 13.8 Å². The zero-order valence-corrected chi connectivity index (χ0v) is 11.7. The first-order chi connectivity index (χ1) is 9.38. The highest BCUT2D eigenvalue weighted by Crippen LogP contribution is 2.61. The summed E-state index contributed by atoms with van der Waals surface area (Å²) in [6, 6.07) is 1.61. The number of Topliss-reactive ketones (excluding diaryl/α,β-unsaturated/α-hetero) is 2. The van der Waals surface area contributed by atoms with Crippen LogP contribution in [0.5, 0.6) is 0 Å². The van der Waals surface area contributed by atoms with Crippen molar-refractivity contribution in [1.29, 1.82) is 0 Å². The third-order valence-corrected chi connectivity index (χ3v) is 5.21. The van der Waals surface area contributed by atoms with Gasteiger partial charge in [-0.2, -0.15) is 0 Å². The zero-order chi connectivity index (χ0) is 14.7. The van der Waals surface area contributed by atoms with Gasteiger partial charge in [0.2, 0.25) is 0 Å². The Balaban J connectivity index is 2.28. The van der Waals surface area contributed by atoms with Crippen LogP contribution >= 0.6 is 0 Å². The van der Waals surface area contributed by atoms with Gasteiger partial charge in [-0.05, 0) is 6.07 Å². The second-order valence-electron chi connectivity index (χ2n) is 5.92. The summed E-state index contributed by atoms with van der Waals surface area (Å²) in [6.45, 7) is 3.40. The minimum atomic E-state index is -1.15. The largest absolute Gasteiger partial charge is 0.469 e. The molecule has 1 fully saturated rings. The lowest BCUT2D eigenvalue weighted by Crippen LogP contribution is -2.54. The van der Waals surface area contributed by atoms with E-state index in [9.17, 15) is 14.4 Å². The van der Waals surface area contributed by atoms with Crippen LogP contribution in [-0.4, -0.2) is 24.6 Å². The number of hydrogen-bond acceptors (Lipinski definition) is 5. The summed E-state index contributed by atoms with van der Waals surface area (Å²) < 4.78 is 10.3. The molecule has 1 heterocycles. The van der Waals surface area contributed by atoms with Gasteiger partial charge in [0.05, 0.1) is 29.8 Å². The summed E-state index contributed by atoms with van der Waals surface area (Å²) in [6.07, 6.45) is 1.76. The van der Waals surface area contributed by atoms with Crippen molar-refractivity contribution in [1.82, 2.24) is 0 Å². The summed E-state index contributed by atoms with van der Waals surface area (Å²) in [7, 11) is 1.29. The Morgan fingerprint density at radius 1 is 1.40 bits per heavy atom. The molecule has 0 spiro atoms. The van der Waals surface area contributed by atoms with E-state index >= 15 is 0 Å². The maximum absolute atomic E-state index is 12.8. The Morgan fingerprint density at radius 2 is 2.10 bits per heavy atom. The highest BCUT2D eigenvalue weighted by molar-refractivity contribution is 6.11. The normalized spacial score (nSPS) is 35.6. The minimum absolute atomic E-state index is 0.0728. The van der Waals surface area contributed by atoms with Crippen molar-refractivity contribution in [3.05, 3.63) is 23.7 Å². The van der Waals surface area contributed by atoms with E-state index in [-0.39, 0.29) is 24.4 Å². The Bertz CT molecular complexity index is 628. The first kappa shape index (κ1) is 13.1. The van der Waals surface area contributed by atoms with Crippen LogP contribution in [0.3, 0.4) is 0 Å². The van der Waals surface area contributed by atoms with Gasteiger partial charge in [0.1, 0.15) is 11.5 Å². The molecule has 106 valence electrons. The Labute approximate surface area is 116 Å². The van der Waals surface area contributed by atoms with Crippen molar-refractivity contribution < 1.29 is 23.5 Å². The number of ketones is 2. The van der Waals surface area contributed by atoms with E-state index in [2.05, 4.69) is 0 Å². The van der Waals surface area contributed by atoms with Crippen molar-refractivity contribution in [2.75, 3.05) is 7.11 Å². The SMILES string of the molecule is COC(=O)[C@@]12Cc3occc3C(=O)[C@]1(C)CC(=O)[C@H]2C. The molecule has 1 aromatic rings. The smallest absolute Gasteiger partial charge is 0.314 e. The van der Waals surface area contributed by atoms with Crippen molar-refractivity contribution in [3.8, 4) is 0 Å². The number of carbonyl (C=O) groups is 3. The average Bonchev–Trinajstić information content (AvgIpc) is 2.95. The molecular formula is C15H16O5. The molecule has 0 aromatic carbocycles. The topological polar surface area (TPSA) is 73.6 Å². The van der Waals surface area contributed by atoms with Crippen LogP contribution in [-0.2, 0) is 20.7 Å². The molecule has 20 heavy (non-hydrogen) atoms. The van der Waals surface area contributed by atoms with Crippen LogP contribution in [0.2, 0.25) is 0 Å². The highest BCUT2D eigenvalue weighted by atomic mass is 16.5. The molecule has 1 saturated carbocycles. The predicted molar refractivity (Wildman–Crippen MR) is 68.1 cm³/mol. The number of methoxy groups -OCH3 is 1. The van der Waals surface area contributed by atoms with E-state index in [1.165, 1.54) is 13.4 Å². The van der Waals surface area contributed by atoms with Crippen LogP contribution < -0.4 is 0 Å². The molecule has 1 aromatic heterocycles. The third kappa shape index (κ3) is 1.21. The molecule has 0 unspecified atom stereocenters. The van der Waals surface area contributed by atoms with Crippen LogP contribution in [0.4, 0.5) is 0 Å². The quantitative estimate of drug-likeness (QED) is 0.731. The Morgan fingerprint density at radius 3 is 2.75 bits per heavy atom. The summed E-state index contributed by atoms with van der Waals surface area (Å²) >= 11 is 0. The van der Waals surface area contributed by atoms with Crippen LogP contribution in [0.1, 0.15) is 36.4 Å².